The zero-order chi connectivity index (χ0) is 19.0. The van der Waals surface area contributed by atoms with Crippen LogP contribution in [0.2, 0.25) is 0 Å². The lowest BCUT2D eigenvalue weighted by Crippen LogP contribution is -2.37. The number of amides is 1. The molecule has 0 aliphatic carbocycles. The molecule has 2 heterocycles. The summed E-state index contributed by atoms with van der Waals surface area (Å²) in [6.07, 6.45) is 3.26. The Balaban J connectivity index is 1.62. The topological polar surface area (TPSA) is 90.3 Å². The van der Waals surface area contributed by atoms with Gasteiger partial charge >= 0.3 is 0 Å². The SMILES string of the molecule is Cn1ccnc1[C@@H]1OCC[C@H]1C(=O)NS(=O)(=O)c1cccc2ccccc12. The molecule has 3 aromatic rings. The first-order valence-electron chi connectivity index (χ1n) is 8.60. The molecule has 1 amide bonds. The molecule has 1 aliphatic rings. The number of carbonyl (C=O) groups excluding carboxylic acids is 1. The predicted molar refractivity (Wildman–Crippen MR) is 99.3 cm³/mol. The summed E-state index contributed by atoms with van der Waals surface area (Å²) in [4.78, 5) is 17.1. The minimum Gasteiger partial charge on any atom is -0.369 e. The summed E-state index contributed by atoms with van der Waals surface area (Å²) in [5, 5.41) is 1.37. The van der Waals surface area contributed by atoms with Crippen molar-refractivity contribution in [1.82, 2.24) is 14.3 Å². The van der Waals surface area contributed by atoms with Gasteiger partial charge in [0.05, 0.1) is 10.8 Å². The maximum Gasteiger partial charge on any atom is 0.264 e. The number of sulfonamides is 1. The van der Waals surface area contributed by atoms with Crippen molar-refractivity contribution in [2.45, 2.75) is 17.4 Å². The fourth-order valence-corrected chi connectivity index (χ4v) is 4.72. The first-order chi connectivity index (χ1) is 13.0. The van der Waals surface area contributed by atoms with Gasteiger partial charge in [-0.1, -0.05) is 36.4 Å². The van der Waals surface area contributed by atoms with Crippen LogP contribution in [0.3, 0.4) is 0 Å². The van der Waals surface area contributed by atoms with Gasteiger partial charge in [-0.15, -0.1) is 0 Å². The fourth-order valence-electron chi connectivity index (χ4n) is 3.46. The van der Waals surface area contributed by atoms with E-state index in [9.17, 15) is 13.2 Å². The van der Waals surface area contributed by atoms with Crippen molar-refractivity contribution < 1.29 is 17.9 Å². The van der Waals surface area contributed by atoms with Crippen molar-refractivity contribution in [3.63, 3.8) is 0 Å². The Morgan fingerprint density at radius 1 is 1.22 bits per heavy atom. The molecule has 4 rings (SSSR count). The number of hydrogen-bond acceptors (Lipinski definition) is 5. The van der Waals surface area contributed by atoms with Crippen LogP contribution < -0.4 is 4.72 Å². The Hall–Kier alpha value is -2.71. The minimum absolute atomic E-state index is 0.0846. The summed E-state index contributed by atoms with van der Waals surface area (Å²) in [5.74, 6) is -0.584. The second-order valence-electron chi connectivity index (χ2n) is 6.53. The van der Waals surface area contributed by atoms with E-state index in [0.29, 0.717) is 24.2 Å². The molecule has 8 heteroatoms. The summed E-state index contributed by atoms with van der Waals surface area (Å²) >= 11 is 0. The van der Waals surface area contributed by atoms with Crippen molar-refractivity contribution in [3.8, 4) is 0 Å². The monoisotopic (exact) mass is 385 g/mol. The lowest BCUT2D eigenvalue weighted by atomic mass is 10.0. The van der Waals surface area contributed by atoms with Crippen LogP contribution in [0.1, 0.15) is 18.3 Å². The van der Waals surface area contributed by atoms with Gasteiger partial charge in [0, 0.05) is 31.4 Å². The van der Waals surface area contributed by atoms with E-state index in [-0.39, 0.29) is 4.90 Å². The Morgan fingerprint density at radius 3 is 2.78 bits per heavy atom. The molecule has 2 atom stereocenters. The number of ether oxygens (including phenoxy) is 1. The quantitative estimate of drug-likeness (QED) is 0.743. The van der Waals surface area contributed by atoms with Crippen LogP contribution in [0.5, 0.6) is 0 Å². The molecular weight excluding hydrogens is 366 g/mol. The van der Waals surface area contributed by atoms with Crippen molar-refractivity contribution >= 4 is 26.7 Å². The van der Waals surface area contributed by atoms with E-state index < -0.39 is 28.0 Å². The molecule has 0 radical (unpaired) electrons. The molecule has 1 saturated heterocycles. The highest BCUT2D eigenvalue weighted by atomic mass is 32.2. The van der Waals surface area contributed by atoms with Gasteiger partial charge in [0.2, 0.25) is 5.91 Å². The van der Waals surface area contributed by atoms with Crippen molar-refractivity contribution in [3.05, 3.63) is 60.7 Å². The predicted octanol–water partition coefficient (Wildman–Crippen LogP) is 2.16. The van der Waals surface area contributed by atoms with Gasteiger partial charge in [0.15, 0.2) is 0 Å². The number of carbonyl (C=O) groups is 1. The molecule has 0 spiro atoms. The van der Waals surface area contributed by atoms with Gasteiger partial charge in [0.25, 0.3) is 10.0 Å². The molecule has 1 aromatic heterocycles. The van der Waals surface area contributed by atoms with Gasteiger partial charge in [0.1, 0.15) is 11.9 Å². The summed E-state index contributed by atoms with van der Waals surface area (Å²) < 4.78 is 35.4. The van der Waals surface area contributed by atoms with Gasteiger partial charge in [-0.25, -0.2) is 18.1 Å². The molecule has 1 aliphatic heterocycles. The Labute approximate surface area is 157 Å². The van der Waals surface area contributed by atoms with E-state index in [2.05, 4.69) is 9.71 Å². The van der Waals surface area contributed by atoms with Crippen LogP contribution in [0, 0.1) is 5.92 Å². The number of hydrogen-bond donors (Lipinski definition) is 1. The number of rotatable bonds is 4. The second kappa shape index (κ2) is 6.79. The largest absolute Gasteiger partial charge is 0.369 e. The van der Waals surface area contributed by atoms with Crippen molar-refractivity contribution in [2.24, 2.45) is 13.0 Å². The third-order valence-corrected chi connectivity index (χ3v) is 6.22. The van der Waals surface area contributed by atoms with Gasteiger partial charge in [-0.2, -0.15) is 0 Å². The Kier molecular flexibility index (Phi) is 4.45. The summed E-state index contributed by atoms with van der Waals surface area (Å²) in [6, 6.07) is 12.2. The van der Waals surface area contributed by atoms with Crippen molar-refractivity contribution in [1.29, 1.82) is 0 Å². The van der Waals surface area contributed by atoms with Crippen LogP contribution >= 0.6 is 0 Å². The van der Waals surface area contributed by atoms with Crippen LogP contribution in [0.4, 0.5) is 0 Å². The fraction of sp³-hybridized carbons (Fsp3) is 0.263. The first kappa shape index (κ1) is 17.7. The number of nitrogens with one attached hydrogen (secondary N) is 1. The number of aryl methyl sites for hydroxylation is 1. The van der Waals surface area contributed by atoms with Crippen LogP contribution in [-0.2, 0) is 26.6 Å². The number of fused-ring (bicyclic) bond motifs is 1. The molecule has 0 unspecified atom stereocenters. The molecule has 27 heavy (non-hydrogen) atoms. The Morgan fingerprint density at radius 2 is 2.00 bits per heavy atom. The molecule has 140 valence electrons. The van der Waals surface area contributed by atoms with Gasteiger partial charge < -0.3 is 9.30 Å². The first-order valence-corrected chi connectivity index (χ1v) is 10.1. The molecular formula is C19H19N3O4S. The number of imidazole rings is 1. The molecule has 1 N–H and O–H groups in total. The Bertz CT molecular complexity index is 1100. The lowest BCUT2D eigenvalue weighted by Gasteiger charge is -2.18. The normalized spacial score (nSPS) is 20.0. The van der Waals surface area contributed by atoms with Crippen LogP contribution in [-0.4, -0.2) is 30.5 Å². The number of benzene rings is 2. The number of aromatic nitrogens is 2. The number of nitrogens with zero attached hydrogens (tertiary/aromatic N) is 2. The second-order valence-corrected chi connectivity index (χ2v) is 8.18. The highest BCUT2D eigenvalue weighted by molar-refractivity contribution is 7.90. The third-order valence-electron chi connectivity index (χ3n) is 4.82. The molecule has 0 bridgehead atoms. The molecule has 0 saturated carbocycles. The van der Waals surface area contributed by atoms with Crippen LogP contribution in [0.25, 0.3) is 10.8 Å². The van der Waals surface area contributed by atoms with Crippen LogP contribution in [0.15, 0.2) is 59.8 Å². The lowest BCUT2D eigenvalue weighted by molar-refractivity contribution is -0.125. The zero-order valence-corrected chi connectivity index (χ0v) is 15.5. The zero-order valence-electron chi connectivity index (χ0n) is 14.7. The van der Waals surface area contributed by atoms with Gasteiger partial charge in [-0.3, -0.25) is 4.79 Å². The van der Waals surface area contributed by atoms with E-state index in [1.165, 1.54) is 6.07 Å². The molecule has 2 aromatic carbocycles. The maximum atomic E-state index is 12.9. The third kappa shape index (κ3) is 3.22. The van der Waals surface area contributed by atoms with Gasteiger partial charge in [-0.05, 0) is 17.9 Å². The summed E-state index contributed by atoms with van der Waals surface area (Å²) in [6.45, 7) is 0.379. The molecule has 7 nitrogen and oxygen atoms in total. The minimum atomic E-state index is -4.01. The average Bonchev–Trinajstić information content (AvgIpc) is 3.29. The summed E-state index contributed by atoms with van der Waals surface area (Å²) in [5.41, 5.74) is 0. The van der Waals surface area contributed by atoms with E-state index in [1.54, 1.807) is 35.2 Å². The smallest absolute Gasteiger partial charge is 0.264 e. The van der Waals surface area contributed by atoms with E-state index >= 15 is 0 Å². The average molecular weight is 385 g/mol. The highest BCUT2D eigenvalue weighted by Crippen LogP contribution is 2.34. The summed E-state index contributed by atoms with van der Waals surface area (Å²) in [7, 11) is -2.20. The standard InChI is InChI=1S/C19H19N3O4S/c1-22-11-10-20-18(22)17-15(9-12-26-17)19(23)21-27(24,25)16-8-4-6-13-5-2-3-7-14(13)16/h2-8,10-11,15,17H,9,12H2,1H3,(H,21,23)/t15-,17-/m1/s1. The van der Waals surface area contributed by atoms with E-state index in [1.807, 2.05) is 25.2 Å². The highest BCUT2D eigenvalue weighted by Gasteiger charge is 2.39. The maximum absolute atomic E-state index is 12.9. The van der Waals surface area contributed by atoms with E-state index in [4.69, 9.17) is 4.74 Å². The van der Waals surface area contributed by atoms with E-state index in [0.717, 1.165) is 5.39 Å². The van der Waals surface area contributed by atoms with Crippen molar-refractivity contribution in [2.75, 3.05) is 6.61 Å². The molecule has 1 fully saturated rings.